The Morgan fingerprint density at radius 3 is 0.432 bits per heavy atom. The second kappa shape index (κ2) is 56.8. The van der Waals surface area contributed by atoms with Crippen LogP contribution in [0.2, 0.25) is 0 Å². The van der Waals surface area contributed by atoms with Crippen molar-refractivity contribution in [1.82, 2.24) is 0 Å². The molecular weight excluding hydrogens is 532 g/mol. The van der Waals surface area contributed by atoms with Gasteiger partial charge in [-0.1, -0.05) is 158 Å². The molecule has 0 rings (SSSR count). The van der Waals surface area contributed by atoms with Crippen molar-refractivity contribution >= 4 is 0 Å². The zero-order chi connectivity index (χ0) is 27.8. The normalized spacial score (nSPS) is 9.73. The summed E-state index contributed by atoms with van der Waals surface area (Å²) < 4.78 is 0. The molecule has 0 aliphatic carbocycles. The Kier molecular flexibility index (Phi) is 72.9. The van der Waals surface area contributed by atoms with Crippen molar-refractivity contribution in [2.45, 2.75) is 158 Å². The van der Waals surface area contributed by atoms with E-state index in [-0.39, 0.29) is 26.2 Å². The summed E-state index contributed by atoms with van der Waals surface area (Å²) in [5.74, 6) is 0. The number of nitrogens with zero attached hydrogens (tertiary/aromatic N) is 4. The Balaban J connectivity index is -0.000000122. The first-order valence-electron chi connectivity index (χ1n) is 16.2. The van der Waals surface area contributed by atoms with Crippen LogP contribution in [0.1, 0.15) is 158 Å². The Morgan fingerprint density at radius 2 is 0.351 bits per heavy atom. The minimum atomic E-state index is 0. The number of hydrogen-bond acceptors (Lipinski definition) is 0. The fourth-order valence-corrected chi connectivity index (χ4v) is 2.61. The fraction of sp³-hybridized carbons (Fsp3) is 1.00. The maximum Gasteiger partial charge on any atom is 4.00 e. The molecule has 5 heteroatoms. The predicted molar refractivity (Wildman–Crippen MR) is 172 cm³/mol. The third-order valence-corrected chi connectivity index (χ3v) is 5.36. The summed E-state index contributed by atoms with van der Waals surface area (Å²) in [5.41, 5.74) is 0. The van der Waals surface area contributed by atoms with Crippen molar-refractivity contribution < 1.29 is 26.2 Å². The van der Waals surface area contributed by atoms with Crippen molar-refractivity contribution in [3.8, 4) is 0 Å². The standard InChI is InChI=1S/4C8H18N.Zr/c4*1-3-5-7-9-8-6-4-2;/h4*3-8H2,1-2H3;/q4*-1;+4. The fourth-order valence-electron chi connectivity index (χ4n) is 2.61. The van der Waals surface area contributed by atoms with E-state index in [1.807, 2.05) is 0 Å². The average Bonchev–Trinajstić information content (AvgIpc) is 2.90. The molecule has 0 saturated carbocycles. The molecule has 0 spiro atoms. The number of hydrogen-bond donors (Lipinski definition) is 0. The molecule has 4 nitrogen and oxygen atoms in total. The molecule has 224 valence electrons. The van der Waals surface area contributed by atoms with Gasteiger partial charge in [0, 0.05) is 0 Å². The monoisotopic (exact) mass is 602 g/mol. The van der Waals surface area contributed by atoms with E-state index < -0.39 is 0 Å². The van der Waals surface area contributed by atoms with Gasteiger partial charge in [0.05, 0.1) is 0 Å². The molecule has 0 radical (unpaired) electrons. The van der Waals surface area contributed by atoms with Gasteiger partial charge in [-0.15, -0.1) is 52.4 Å². The van der Waals surface area contributed by atoms with Gasteiger partial charge < -0.3 is 21.3 Å². The van der Waals surface area contributed by atoms with Crippen LogP contribution in [0.3, 0.4) is 0 Å². The van der Waals surface area contributed by atoms with Crippen LogP contribution in [0.4, 0.5) is 0 Å². The SMILES string of the molecule is CCCC[N-]CCCC.CCCC[N-]CCCC.CCCC[N-]CCCC.CCCC[N-]CCCC.[Zr+4]. The third kappa shape index (κ3) is 72.4. The van der Waals surface area contributed by atoms with Gasteiger partial charge in [-0.05, 0) is 0 Å². The molecule has 0 aromatic heterocycles. The predicted octanol–water partition coefficient (Wildman–Crippen LogP) is 11.8. The van der Waals surface area contributed by atoms with Gasteiger partial charge in [0.25, 0.3) is 0 Å². The Labute approximate surface area is 257 Å². The molecule has 0 heterocycles. The molecule has 0 aromatic carbocycles. The van der Waals surface area contributed by atoms with Crippen LogP contribution in [0.15, 0.2) is 0 Å². The van der Waals surface area contributed by atoms with Crippen LogP contribution < -0.4 is 0 Å². The first kappa shape index (κ1) is 47.5. The van der Waals surface area contributed by atoms with Gasteiger partial charge in [0.15, 0.2) is 0 Å². The van der Waals surface area contributed by atoms with E-state index in [0.29, 0.717) is 0 Å². The van der Waals surface area contributed by atoms with E-state index in [2.05, 4.69) is 76.7 Å². The van der Waals surface area contributed by atoms with Crippen molar-refractivity contribution in [1.29, 1.82) is 0 Å². The molecule has 0 amide bonds. The third-order valence-electron chi connectivity index (χ3n) is 5.36. The molecule has 0 aliphatic rings. The van der Waals surface area contributed by atoms with Crippen LogP contribution in [0.25, 0.3) is 21.3 Å². The minimum absolute atomic E-state index is 0. The maximum absolute atomic E-state index is 4.35. The van der Waals surface area contributed by atoms with Gasteiger partial charge in [0.1, 0.15) is 0 Å². The Morgan fingerprint density at radius 1 is 0.243 bits per heavy atom. The second-order valence-corrected chi connectivity index (χ2v) is 9.51. The first-order chi connectivity index (χ1) is 17.7. The molecule has 0 unspecified atom stereocenters. The molecule has 0 atom stereocenters. The van der Waals surface area contributed by atoms with Crippen LogP contribution in [0.5, 0.6) is 0 Å². The topological polar surface area (TPSA) is 56.4 Å². The van der Waals surface area contributed by atoms with Crippen molar-refractivity contribution in [2.24, 2.45) is 0 Å². The molecule has 37 heavy (non-hydrogen) atoms. The van der Waals surface area contributed by atoms with Crippen LogP contribution in [-0.2, 0) is 26.2 Å². The molecular formula is C32H72N4Zr. The minimum Gasteiger partial charge on any atom is -0.662 e. The smallest absolute Gasteiger partial charge is 0.662 e. The number of rotatable bonds is 24. The van der Waals surface area contributed by atoms with Gasteiger partial charge in [-0.25, -0.2) is 0 Å². The summed E-state index contributed by atoms with van der Waals surface area (Å²) in [7, 11) is 0. The summed E-state index contributed by atoms with van der Waals surface area (Å²) in [6.07, 6.45) is 20.3. The Hall–Kier alpha value is 0.723. The average molecular weight is 604 g/mol. The quantitative estimate of drug-likeness (QED) is 0.0985. The summed E-state index contributed by atoms with van der Waals surface area (Å²) in [6, 6.07) is 0. The zero-order valence-corrected chi connectivity index (χ0v) is 29.7. The molecule has 0 N–H and O–H groups in total. The van der Waals surface area contributed by atoms with E-state index >= 15 is 0 Å². The maximum atomic E-state index is 4.35. The largest absolute Gasteiger partial charge is 4.00 e. The van der Waals surface area contributed by atoms with Crippen LogP contribution >= 0.6 is 0 Å². The van der Waals surface area contributed by atoms with Gasteiger partial charge in [-0.3, -0.25) is 0 Å². The summed E-state index contributed by atoms with van der Waals surface area (Å²) in [6.45, 7) is 26.3. The molecule has 0 bridgehead atoms. The molecule has 0 aliphatic heterocycles. The van der Waals surface area contributed by atoms with E-state index in [1.165, 1.54) is 103 Å². The molecule has 0 aromatic rings. The zero-order valence-electron chi connectivity index (χ0n) is 27.3. The van der Waals surface area contributed by atoms with Crippen LogP contribution in [-0.4, -0.2) is 52.4 Å². The summed E-state index contributed by atoms with van der Waals surface area (Å²) >= 11 is 0. The van der Waals surface area contributed by atoms with Gasteiger partial charge in [0.2, 0.25) is 0 Å². The van der Waals surface area contributed by atoms with E-state index in [0.717, 1.165) is 52.4 Å². The Bertz CT molecular complexity index is 214. The van der Waals surface area contributed by atoms with Crippen LogP contribution in [0, 0.1) is 0 Å². The van der Waals surface area contributed by atoms with E-state index in [4.69, 9.17) is 0 Å². The summed E-state index contributed by atoms with van der Waals surface area (Å²) in [5, 5.41) is 17.4. The van der Waals surface area contributed by atoms with Crippen molar-refractivity contribution in [2.75, 3.05) is 52.4 Å². The van der Waals surface area contributed by atoms with E-state index in [1.54, 1.807) is 0 Å². The second-order valence-electron chi connectivity index (χ2n) is 9.51. The van der Waals surface area contributed by atoms with Gasteiger partial charge in [-0.2, -0.15) is 0 Å². The van der Waals surface area contributed by atoms with Crippen molar-refractivity contribution in [3.05, 3.63) is 21.3 Å². The number of unbranched alkanes of at least 4 members (excludes halogenated alkanes) is 8. The van der Waals surface area contributed by atoms with Crippen molar-refractivity contribution in [3.63, 3.8) is 0 Å². The first-order valence-corrected chi connectivity index (χ1v) is 16.2. The molecule has 0 fully saturated rings. The molecule has 0 saturated heterocycles. The van der Waals surface area contributed by atoms with Gasteiger partial charge >= 0.3 is 26.2 Å². The summed E-state index contributed by atoms with van der Waals surface area (Å²) in [4.78, 5) is 0. The van der Waals surface area contributed by atoms with E-state index in [9.17, 15) is 0 Å².